The molecule has 0 radical (unpaired) electrons. The largest absolute Gasteiger partial charge is 0.494 e. The summed E-state index contributed by atoms with van der Waals surface area (Å²) < 4.78 is 7.58. The van der Waals surface area contributed by atoms with Crippen LogP contribution in [0.2, 0.25) is 0 Å². The molecule has 0 amide bonds. The quantitative estimate of drug-likeness (QED) is 0.327. The van der Waals surface area contributed by atoms with Crippen molar-refractivity contribution in [2.24, 2.45) is 0 Å². The molecular weight excluding hydrogens is 410 g/mol. The van der Waals surface area contributed by atoms with Crippen molar-refractivity contribution in [3.05, 3.63) is 90.3 Å². The lowest BCUT2D eigenvalue weighted by molar-refractivity contribution is 0.413. The lowest BCUT2D eigenvalue weighted by atomic mass is 10.0. The van der Waals surface area contributed by atoms with Crippen LogP contribution in [0.3, 0.4) is 0 Å². The first-order chi connectivity index (χ1) is 16.0. The van der Waals surface area contributed by atoms with Crippen molar-refractivity contribution < 1.29 is 4.74 Å². The second-order valence-corrected chi connectivity index (χ2v) is 8.17. The fraction of sp³-hybridized carbons (Fsp3) is 0.222. The highest BCUT2D eigenvalue weighted by atomic mass is 16.5. The summed E-state index contributed by atoms with van der Waals surface area (Å²) in [5.41, 5.74) is 7.25. The monoisotopic (exact) mass is 439 g/mol. The normalized spacial score (nSPS) is 10.7. The van der Waals surface area contributed by atoms with Crippen LogP contribution >= 0.6 is 0 Å². The molecule has 33 heavy (non-hydrogen) atoms. The zero-order valence-electron chi connectivity index (χ0n) is 19.5. The molecule has 6 nitrogen and oxygen atoms in total. The molecule has 4 rings (SSSR count). The Balaban J connectivity index is 1.63. The number of anilines is 2. The molecule has 0 aliphatic rings. The van der Waals surface area contributed by atoms with E-state index in [-0.39, 0.29) is 0 Å². The number of benzene rings is 2. The van der Waals surface area contributed by atoms with Gasteiger partial charge >= 0.3 is 0 Å². The average molecular weight is 440 g/mol. The van der Waals surface area contributed by atoms with Crippen molar-refractivity contribution in [2.45, 2.75) is 33.6 Å². The predicted octanol–water partition coefficient (Wildman–Crippen LogP) is 6.29. The van der Waals surface area contributed by atoms with Gasteiger partial charge in [-0.1, -0.05) is 42.0 Å². The number of nitrogens with zero attached hydrogens (tertiary/aromatic N) is 4. The summed E-state index contributed by atoms with van der Waals surface area (Å²) in [5, 5.41) is 3.34. The first-order valence-electron chi connectivity index (χ1n) is 11.0. The Morgan fingerprint density at radius 2 is 1.91 bits per heavy atom. The van der Waals surface area contributed by atoms with E-state index in [4.69, 9.17) is 9.72 Å². The molecule has 0 aliphatic carbocycles. The fourth-order valence-corrected chi connectivity index (χ4v) is 3.68. The third-order valence-corrected chi connectivity index (χ3v) is 5.31. The molecule has 0 unspecified atom stereocenters. The third kappa shape index (κ3) is 5.47. The lowest BCUT2D eigenvalue weighted by Gasteiger charge is -2.14. The highest BCUT2D eigenvalue weighted by Crippen LogP contribution is 2.29. The number of allylic oxidation sites excluding steroid dienone is 2. The van der Waals surface area contributed by atoms with Gasteiger partial charge < -0.3 is 14.6 Å². The van der Waals surface area contributed by atoms with Crippen molar-refractivity contribution in [3.8, 4) is 22.6 Å². The van der Waals surface area contributed by atoms with Crippen molar-refractivity contribution >= 4 is 11.6 Å². The number of aromatic nitrogens is 4. The van der Waals surface area contributed by atoms with Crippen LogP contribution in [-0.2, 0) is 6.42 Å². The Labute approximate surface area is 195 Å². The Bertz CT molecular complexity index is 1260. The maximum atomic E-state index is 5.63. The van der Waals surface area contributed by atoms with Crippen LogP contribution in [0.25, 0.3) is 16.8 Å². The molecule has 0 bridgehead atoms. The Morgan fingerprint density at radius 1 is 1.09 bits per heavy atom. The Hall–Kier alpha value is -3.93. The molecular formula is C27H29N5O. The standard InChI is InChI=1S/C27H29N5O/c1-19(2)9-8-12-24-23(21-10-6-5-7-11-21)16-28-27(31-24)30-22-13-14-25(26(15-22)33-4)32-17-20(3)29-18-32/h5-7,9-11,13-18H,8,12H2,1-4H3,(H,28,30,31). The van der Waals surface area contributed by atoms with Gasteiger partial charge in [-0.2, -0.15) is 0 Å². The maximum Gasteiger partial charge on any atom is 0.227 e. The van der Waals surface area contributed by atoms with Crippen LogP contribution < -0.4 is 10.1 Å². The maximum absolute atomic E-state index is 5.63. The molecule has 0 atom stereocenters. The Morgan fingerprint density at radius 3 is 2.61 bits per heavy atom. The van der Waals surface area contributed by atoms with E-state index in [9.17, 15) is 0 Å². The molecule has 0 spiro atoms. The minimum atomic E-state index is 0.565. The molecule has 0 aliphatic heterocycles. The van der Waals surface area contributed by atoms with Gasteiger partial charge in [0, 0.05) is 29.7 Å². The molecule has 1 N–H and O–H groups in total. The van der Waals surface area contributed by atoms with Gasteiger partial charge in [-0.05, 0) is 51.3 Å². The smallest absolute Gasteiger partial charge is 0.227 e. The van der Waals surface area contributed by atoms with Crippen LogP contribution in [0.15, 0.2) is 78.9 Å². The van der Waals surface area contributed by atoms with Crippen LogP contribution in [0.1, 0.15) is 31.7 Å². The summed E-state index contributed by atoms with van der Waals surface area (Å²) in [4.78, 5) is 13.8. The molecule has 0 fully saturated rings. The SMILES string of the molecule is COc1cc(Nc2ncc(-c3ccccc3)c(CCC=C(C)C)n2)ccc1-n1cnc(C)c1. The molecule has 2 aromatic heterocycles. The fourth-order valence-electron chi connectivity index (χ4n) is 3.68. The highest BCUT2D eigenvalue weighted by molar-refractivity contribution is 5.67. The van der Waals surface area contributed by atoms with Gasteiger partial charge in [-0.3, -0.25) is 0 Å². The minimum absolute atomic E-state index is 0.565. The van der Waals surface area contributed by atoms with E-state index >= 15 is 0 Å². The number of methoxy groups -OCH3 is 1. The van der Waals surface area contributed by atoms with Crippen molar-refractivity contribution in [2.75, 3.05) is 12.4 Å². The second kappa shape index (κ2) is 10.1. The summed E-state index contributed by atoms with van der Waals surface area (Å²) in [6.45, 7) is 6.20. The van der Waals surface area contributed by atoms with E-state index in [0.717, 1.165) is 52.5 Å². The molecule has 0 saturated carbocycles. The van der Waals surface area contributed by atoms with Gasteiger partial charge in [0.1, 0.15) is 5.75 Å². The van der Waals surface area contributed by atoms with Gasteiger partial charge in [-0.25, -0.2) is 15.0 Å². The molecule has 4 aromatic rings. The summed E-state index contributed by atoms with van der Waals surface area (Å²) >= 11 is 0. The predicted molar refractivity (Wildman–Crippen MR) is 133 cm³/mol. The summed E-state index contributed by atoms with van der Waals surface area (Å²) in [6.07, 6.45) is 9.67. The van der Waals surface area contributed by atoms with Crippen LogP contribution in [0.4, 0.5) is 11.6 Å². The molecule has 168 valence electrons. The van der Waals surface area contributed by atoms with Gasteiger partial charge in [0.2, 0.25) is 5.95 Å². The average Bonchev–Trinajstić information content (AvgIpc) is 3.25. The summed E-state index contributed by atoms with van der Waals surface area (Å²) in [6, 6.07) is 16.2. The van der Waals surface area contributed by atoms with Crippen LogP contribution in [-0.4, -0.2) is 26.6 Å². The number of ether oxygens (including phenoxy) is 1. The number of rotatable bonds is 8. The van der Waals surface area contributed by atoms with E-state index < -0.39 is 0 Å². The Kier molecular flexibility index (Phi) is 6.83. The van der Waals surface area contributed by atoms with E-state index in [0.29, 0.717) is 5.95 Å². The zero-order chi connectivity index (χ0) is 23.2. The van der Waals surface area contributed by atoms with E-state index in [1.165, 1.54) is 5.57 Å². The number of nitrogens with one attached hydrogen (secondary N) is 1. The third-order valence-electron chi connectivity index (χ3n) is 5.31. The van der Waals surface area contributed by atoms with Gasteiger partial charge in [0.05, 0.1) is 30.5 Å². The molecule has 0 saturated heterocycles. The van der Waals surface area contributed by atoms with E-state index in [1.54, 1.807) is 13.4 Å². The topological polar surface area (TPSA) is 64.9 Å². The van der Waals surface area contributed by atoms with Crippen molar-refractivity contribution in [1.82, 2.24) is 19.5 Å². The van der Waals surface area contributed by atoms with Crippen molar-refractivity contribution in [1.29, 1.82) is 0 Å². The van der Waals surface area contributed by atoms with E-state index in [2.05, 4.69) is 47.3 Å². The zero-order valence-corrected chi connectivity index (χ0v) is 19.5. The van der Waals surface area contributed by atoms with Crippen LogP contribution in [0.5, 0.6) is 5.75 Å². The summed E-state index contributed by atoms with van der Waals surface area (Å²) in [5.74, 6) is 1.30. The summed E-state index contributed by atoms with van der Waals surface area (Å²) in [7, 11) is 1.67. The van der Waals surface area contributed by atoms with Crippen molar-refractivity contribution in [3.63, 3.8) is 0 Å². The second-order valence-electron chi connectivity index (χ2n) is 8.17. The number of imidazole rings is 1. The van der Waals surface area contributed by atoms with Gasteiger partial charge in [0.25, 0.3) is 0 Å². The highest BCUT2D eigenvalue weighted by Gasteiger charge is 2.11. The molecule has 2 aromatic carbocycles. The van der Waals surface area contributed by atoms with E-state index in [1.807, 2.05) is 60.3 Å². The molecule has 6 heteroatoms. The number of hydrogen-bond acceptors (Lipinski definition) is 5. The van der Waals surface area contributed by atoms with Gasteiger partial charge in [-0.15, -0.1) is 0 Å². The number of aryl methyl sites for hydroxylation is 2. The first-order valence-corrected chi connectivity index (χ1v) is 11.0. The first kappa shape index (κ1) is 22.3. The van der Waals surface area contributed by atoms with Crippen LogP contribution in [0, 0.1) is 6.92 Å². The minimum Gasteiger partial charge on any atom is -0.494 e. The lowest BCUT2D eigenvalue weighted by Crippen LogP contribution is -2.03. The molecule has 2 heterocycles. The van der Waals surface area contributed by atoms with Gasteiger partial charge in [0.15, 0.2) is 0 Å². The number of hydrogen-bond donors (Lipinski definition) is 1.